The summed E-state index contributed by atoms with van der Waals surface area (Å²) in [6.45, 7) is 3.67. The van der Waals surface area contributed by atoms with Crippen molar-refractivity contribution in [2.45, 2.75) is 26.3 Å². The van der Waals surface area contributed by atoms with Crippen LogP contribution in [0.1, 0.15) is 39.8 Å². The zero-order chi connectivity index (χ0) is 17.0. The van der Waals surface area contributed by atoms with E-state index < -0.39 is 17.9 Å². The lowest BCUT2D eigenvalue weighted by Crippen LogP contribution is -2.31. The van der Waals surface area contributed by atoms with Crippen molar-refractivity contribution in [1.82, 2.24) is 10.3 Å². The topological polar surface area (TPSA) is 79.3 Å². The van der Waals surface area contributed by atoms with Crippen molar-refractivity contribution in [3.8, 4) is 0 Å². The van der Waals surface area contributed by atoms with Crippen LogP contribution in [0.4, 0.5) is 0 Å². The number of hydrogen-bond donors (Lipinski definition) is 2. The minimum Gasteiger partial charge on any atom is -0.481 e. The number of carboxylic acids is 1. The van der Waals surface area contributed by atoms with E-state index in [9.17, 15) is 9.59 Å². The number of aliphatic carboxylic acids is 1. The van der Waals surface area contributed by atoms with Gasteiger partial charge in [0.2, 0.25) is 0 Å². The summed E-state index contributed by atoms with van der Waals surface area (Å²) in [5.74, 6) is -1.45. The molecule has 1 aromatic heterocycles. The molecule has 5 nitrogen and oxygen atoms in total. The normalized spacial score (nSPS) is 11.8. The molecule has 2 rings (SSSR count). The number of aryl methyl sites for hydroxylation is 2. The molecule has 1 heterocycles. The molecule has 0 spiro atoms. The van der Waals surface area contributed by atoms with E-state index in [1.807, 2.05) is 13.0 Å². The maximum absolute atomic E-state index is 12.4. The fourth-order valence-corrected chi connectivity index (χ4v) is 2.63. The fourth-order valence-electron chi connectivity index (χ4n) is 2.36. The van der Waals surface area contributed by atoms with Gasteiger partial charge in [-0.1, -0.05) is 29.8 Å². The predicted octanol–water partition coefficient (Wildman–Crippen LogP) is 3.30. The predicted molar refractivity (Wildman–Crippen MR) is 87.6 cm³/mol. The monoisotopic (exact) mass is 332 g/mol. The number of pyridine rings is 1. The summed E-state index contributed by atoms with van der Waals surface area (Å²) in [5.41, 5.74) is 2.46. The standard InChI is InChI=1S/C17H17ClN2O3/c1-10-7-11(2)19-15(8-10)17(23)20-14(9-16(21)22)12-5-3-4-6-13(12)18/h3-8,14H,9H2,1-2H3,(H,20,23)(H,21,22)/t14-/m0/s1. The van der Waals surface area contributed by atoms with Gasteiger partial charge in [0.25, 0.3) is 5.91 Å². The van der Waals surface area contributed by atoms with Crippen molar-refractivity contribution in [3.63, 3.8) is 0 Å². The van der Waals surface area contributed by atoms with Gasteiger partial charge in [0, 0.05) is 10.7 Å². The van der Waals surface area contributed by atoms with Gasteiger partial charge in [-0.3, -0.25) is 9.59 Å². The van der Waals surface area contributed by atoms with Gasteiger partial charge in [-0.2, -0.15) is 0 Å². The minimum absolute atomic E-state index is 0.255. The Labute approximate surface area is 139 Å². The van der Waals surface area contributed by atoms with Crippen LogP contribution in [0.2, 0.25) is 5.02 Å². The van der Waals surface area contributed by atoms with Crippen LogP contribution < -0.4 is 5.32 Å². The Balaban J connectivity index is 2.29. The maximum atomic E-state index is 12.4. The maximum Gasteiger partial charge on any atom is 0.305 e. The van der Waals surface area contributed by atoms with Crippen molar-refractivity contribution in [1.29, 1.82) is 0 Å². The molecule has 120 valence electrons. The number of benzene rings is 1. The summed E-state index contributed by atoms with van der Waals surface area (Å²) in [7, 11) is 0. The zero-order valence-corrected chi connectivity index (χ0v) is 13.6. The third kappa shape index (κ3) is 4.53. The van der Waals surface area contributed by atoms with E-state index in [1.54, 1.807) is 37.3 Å². The zero-order valence-electron chi connectivity index (χ0n) is 12.8. The highest BCUT2D eigenvalue weighted by atomic mass is 35.5. The minimum atomic E-state index is -1.02. The second-order valence-electron chi connectivity index (χ2n) is 5.32. The number of halogens is 1. The third-order valence-electron chi connectivity index (χ3n) is 3.30. The lowest BCUT2D eigenvalue weighted by atomic mass is 10.0. The van der Waals surface area contributed by atoms with E-state index in [1.165, 1.54) is 0 Å². The van der Waals surface area contributed by atoms with E-state index in [0.717, 1.165) is 11.3 Å². The number of nitrogens with zero attached hydrogens (tertiary/aromatic N) is 1. The number of nitrogens with one attached hydrogen (secondary N) is 1. The second-order valence-corrected chi connectivity index (χ2v) is 5.72. The molecule has 0 unspecified atom stereocenters. The molecule has 0 fully saturated rings. The Morgan fingerprint density at radius 3 is 2.57 bits per heavy atom. The summed E-state index contributed by atoms with van der Waals surface area (Å²) in [4.78, 5) is 27.7. The molecule has 23 heavy (non-hydrogen) atoms. The average molecular weight is 333 g/mol. The van der Waals surface area contributed by atoms with E-state index in [2.05, 4.69) is 10.3 Å². The quantitative estimate of drug-likeness (QED) is 0.880. The SMILES string of the molecule is Cc1cc(C)nc(C(=O)N[C@@H](CC(=O)O)c2ccccc2Cl)c1. The molecule has 1 amide bonds. The summed E-state index contributed by atoms with van der Waals surface area (Å²) >= 11 is 6.12. The Morgan fingerprint density at radius 1 is 1.26 bits per heavy atom. The van der Waals surface area contributed by atoms with Crippen LogP contribution in [0.15, 0.2) is 36.4 Å². The number of amides is 1. The molecule has 1 atom stereocenters. The van der Waals surface area contributed by atoms with Gasteiger partial charge in [-0.15, -0.1) is 0 Å². The van der Waals surface area contributed by atoms with Gasteiger partial charge in [-0.05, 0) is 43.2 Å². The molecule has 2 aromatic rings. The molecule has 0 aliphatic heterocycles. The Hall–Kier alpha value is -2.40. The smallest absolute Gasteiger partial charge is 0.305 e. The van der Waals surface area contributed by atoms with Gasteiger partial charge >= 0.3 is 5.97 Å². The van der Waals surface area contributed by atoms with Crippen LogP contribution in [-0.2, 0) is 4.79 Å². The largest absolute Gasteiger partial charge is 0.481 e. The van der Waals surface area contributed by atoms with Crippen LogP contribution in [0.3, 0.4) is 0 Å². The van der Waals surface area contributed by atoms with Crippen LogP contribution >= 0.6 is 11.6 Å². The number of carbonyl (C=O) groups is 2. The molecular formula is C17H17ClN2O3. The summed E-state index contributed by atoms with van der Waals surface area (Å²) < 4.78 is 0. The molecule has 6 heteroatoms. The van der Waals surface area contributed by atoms with Gasteiger partial charge in [-0.25, -0.2) is 4.98 Å². The lowest BCUT2D eigenvalue weighted by Gasteiger charge is -2.18. The molecule has 1 aromatic carbocycles. The van der Waals surface area contributed by atoms with Gasteiger partial charge in [0.1, 0.15) is 5.69 Å². The fraction of sp³-hybridized carbons (Fsp3) is 0.235. The van der Waals surface area contributed by atoms with Gasteiger partial charge in [0.05, 0.1) is 12.5 Å². The summed E-state index contributed by atoms with van der Waals surface area (Å²) in [5, 5.41) is 12.2. The molecular weight excluding hydrogens is 316 g/mol. The van der Waals surface area contributed by atoms with Crippen molar-refractivity contribution in [3.05, 3.63) is 63.9 Å². The Morgan fingerprint density at radius 2 is 1.96 bits per heavy atom. The lowest BCUT2D eigenvalue weighted by molar-refractivity contribution is -0.137. The molecule has 0 bridgehead atoms. The van der Waals surface area contributed by atoms with Crippen molar-refractivity contribution in [2.75, 3.05) is 0 Å². The first-order chi connectivity index (χ1) is 10.9. The highest BCUT2D eigenvalue weighted by molar-refractivity contribution is 6.31. The van der Waals surface area contributed by atoms with Gasteiger partial charge in [0.15, 0.2) is 0 Å². The Kier molecular flexibility index (Phi) is 5.34. The third-order valence-corrected chi connectivity index (χ3v) is 3.64. The average Bonchev–Trinajstić information content (AvgIpc) is 2.45. The number of carbonyl (C=O) groups excluding carboxylic acids is 1. The molecule has 0 saturated carbocycles. The highest BCUT2D eigenvalue weighted by Gasteiger charge is 2.21. The van der Waals surface area contributed by atoms with Crippen LogP contribution in [-0.4, -0.2) is 22.0 Å². The molecule has 2 N–H and O–H groups in total. The molecule has 0 radical (unpaired) electrons. The first-order valence-electron chi connectivity index (χ1n) is 7.09. The molecule has 0 saturated heterocycles. The van der Waals surface area contributed by atoms with Crippen LogP contribution in [0, 0.1) is 13.8 Å². The Bertz CT molecular complexity index is 726. The number of rotatable bonds is 5. The summed E-state index contributed by atoms with van der Waals surface area (Å²) in [6, 6.07) is 9.65. The van der Waals surface area contributed by atoms with Crippen molar-refractivity contribution >= 4 is 23.5 Å². The first kappa shape index (κ1) is 17.0. The second kappa shape index (κ2) is 7.24. The first-order valence-corrected chi connectivity index (χ1v) is 7.47. The summed E-state index contributed by atoms with van der Waals surface area (Å²) in [6.07, 6.45) is -0.264. The number of carboxylic acid groups (broad SMARTS) is 1. The van der Waals surface area contributed by atoms with Crippen LogP contribution in [0.5, 0.6) is 0 Å². The van der Waals surface area contributed by atoms with E-state index in [0.29, 0.717) is 10.6 Å². The highest BCUT2D eigenvalue weighted by Crippen LogP contribution is 2.25. The van der Waals surface area contributed by atoms with E-state index in [4.69, 9.17) is 16.7 Å². The molecule has 0 aliphatic carbocycles. The van der Waals surface area contributed by atoms with Crippen molar-refractivity contribution in [2.24, 2.45) is 0 Å². The number of aromatic nitrogens is 1. The molecule has 0 aliphatic rings. The van der Waals surface area contributed by atoms with Crippen molar-refractivity contribution < 1.29 is 14.7 Å². The number of hydrogen-bond acceptors (Lipinski definition) is 3. The van der Waals surface area contributed by atoms with E-state index in [-0.39, 0.29) is 12.1 Å². The van der Waals surface area contributed by atoms with Crippen LogP contribution in [0.25, 0.3) is 0 Å². The van der Waals surface area contributed by atoms with Gasteiger partial charge < -0.3 is 10.4 Å². The van der Waals surface area contributed by atoms with E-state index >= 15 is 0 Å².